The van der Waals surface area contributed by atoms with Gasteiger partial charge in [0.2, 0.25) is 0 Å². The first-order chi connectivity index (χ1) is 9.52. The number of carbonyl (C=O) groups excluding carboxylic acids is 3. The van der Waals surface area contributed by atoms with Crippen molar-refractivity contribution in [2.75, 3.05) is 13.2 Å². The van der Waals surface area contributed by atoms with Crippen LogP contribution in [0.2, 0.25) is 0 Å². The maximum Gasteiger partial charge on any atom is 0.409 e. The number of aromatic nitrogens is 1. The highest BCUT2D eigenvalue weighted by molar-refractivity contribution is 5.95. The number of nitrogens with one attached hydrogen (secondary N) is 1. The summed E-state index contributed by atoms with van der Waals surface area (Å²) >= 11 is 0. The average molecular weight is 282 g/mol. The fourth-order valence-electron chi connectivity index (χ4n) is 1.34. The summed E-state index contributed by atoms with van der Waals surface area (Å²) in [6.07, 6.45) is 2.16. The lowest BCUT2D eigenvalue weighted by Crippen LogP contribution is -2.38. The zero-order valence-electron chi connectivity index (χ0n) is 11.0. The minimum atomic E-state index is -0.908. The maximum atomic E-state index is 11.8. The summed E-state index contributed by atoms with van der Waals surface area (Å²) in [5.41, 5.74) is 5.15. The molecule has 0 atom stereocenters. The Labute approximate surface area is 115 Å². The normalized spacial score (nSPS) is 9.65. The van der Waals surface area contributed by atoms with Gasteiger partial charge in [0.25, 0.3) is 12.6 Å². The summed E-state index contributed by atoms with van der Waals surface area (Å²) in [4.78, 5) is 33.4. The minimum absolute atomic E-state index is 0.103. The van der Waals surface area contributed by atoms with E-state index < -0.39 is 18.0 Å². The van der Waals surface area contributed by atoms with E-state index in [1.54, 1.807) is 25.3 Å². The number of primary amides is 1. The fourth-order valence-corrected chi connectivity index (χ4v) is 1.34. The molecule has 108 valence electrons. The standard InChI is InChI=1S/C12H15N3O5/c1-2-19-10(16)6-14-11(17)9-4-3-5-15(7-9)8-20-12(13)18/h3-5,7H,2,6,8H2,1H3,(H2-,13,14,17,18)/p+1. The summed E-state index contributed by atoms with van der Waals surface area (Å²) in [6.45, 7) is 1.62. The number of nitrogens with zero attached hydrogens (tertiary/aromatic N) is 1. The lowest BCUT2D eigenvalue weighted by atomic mass is 10.2. The van der Waals surface area contributed by atoms with E-state index in [-0.39, 0.29) is 19.9 Å². The number of hydrogen-bond donors (Lipinski definition) is 2. The Morgan fingerprint density at radius 3 is 2.75 bits per heavy atom. The third-order valence-electron chi connectivity index (χ3n) is 2.17. The lowest BCUT2D eigenvalue weighted by molar-refractivity contribution is -0.727. The molecule has 0 bridgehead atoms. The first-order valence-electron chi connectivity index (χ1n) is 5.88. The monoisotopic (exact) mass is 282 g/mol. The molecular formula is C12H16N3O5+. The molecule has 0 saturated carbocycles. The Morgan fingerprint density at radius 1 is 1.35 bits per heavy atom. The predicted molar refractivity (Wildman–Crippen MR) is 66.3 cm³/mol. The van der Waals surface area contributed by atoms with Crippen LogP contribution in [0.15, 0.2) is 24.5 Å². The van der Waals surface area contributed by atoms with Crippen LogP contribution in [0.1, 0.15) is 17.3 Å². The van der Waals surface area contributed by atoms with Gasteiger partial charge in [0.05, 0.1) is 6.61 Å². The van der Waals surface area contributed by atoms with E-state index in [2.05, 4.69) is 14.8 Å². The van der Waals surface area contributed by atoms with Crippen LogP contribution in [0.4, 0.5) is 4.79 Å². The molecule has 0 aromatic carbocycles. The smallest absolute Gasteiger partial charge is 0.409 e. The number of esters is 1. The van der Waals surface area contributed by atoms with Gasteiger partial charge >= 0.3 is 12.1 Å². The van der Waals surface area contributed by atoms with Crippen molar-refractivity contribution < 1.29 is 28.4 Å². The van der Waals surface area contributed by atoms with Crippen LogP contribution in [0, 0.1) is 0 Å². The summed E-state index contributed by atoms with van der Waals surface area (Å²) in [5.74, 6) is -0.951. The second-order valence-corrected chi connectivity index (χ2v) is 3.69. The molecule has 2 amide bonds. The topological polar surface area (TPSA) is 112 Å². The van der Waals surface area contributed by atoms with Gasteiger partial charge in [0, 0.05) is 6.07 Å². The molecule has 1 aromatic heterocycles. The molecule has 1 rings (SSSR count). The number of ether oxygens (including phenoxy) is 2. The molecule has 0 radical (unpaired) electrons. The number of rotatable bonds is 6. The first kappa shape index (κ1) is 15.4. The highest BCUT2D eigenvalue weighted by Crippen LogP contribution is 1.94. The Bertz CT molecular complexity index is 504. The molecule has 3 N–H and O–H groups in total. The number of pyridine rings is 1. The van der Waals surface area contributed by atoms with Crippen molar-refractivity contribution in [3.63, 3.8) is 0 Å². The quantitative estimate of drug-likeness (QED) is 0.530. The third-order valence-corrected chi connectivity index (χ3v) is 2.17. The minimum Gasteiger partial charge on any atom is -0.465 e. The van der Waals surface area contributed by atoms with E-state index in [9.17, 15) is 14.4 Å². The van der Waals surface area contributed by atoms with E-state index >= 15 is 0 Å². The molecule has 0 saturated heterocycles. The molecule has 0 unspecified atom stereocenters. The SMILES string of the molecule is CCOC(=O)CNC(=O)c1ccc[n+](COC(N)=O)c1. The molecule has 0 spiro atoms. The van der Waals surface area contributed by atoms with Gasteiger partial charge in [0.15, 0.2) is 12.4 Å². The summed E-state index contributed by atoms with van der Waals surface area (Å²) in [5, 5.41) is 2.42. The van der Waals surface area contributed by atoms with Gasteiger partial charge in [-0.05, 0) is 13.0 Å². The fraction of sp³-hybridized carbons (Fsp3) is 0.333. The van der Waals surface area contributed by atoms with Crippen molar-refractivity contribution in [3.8, 4) is 0 Å². The van der Waals surface area contributed by atoms with E-state index in [0.717, 1.165) is 0 Å². The van der Waals surface area contributed by atoms with Gasteiger partial charge in [-0.15, -0.1) is 0 Å². The van der Waals surface area contributed by atoms with E-state index in [4.69, 9.17) is 5.73 Å². The molecule has 20 heavy (non-hydrogen) atoms. The maximum absolute atomic E-state index is 11.8. The van der Waals surface area contributed by atoms with Crippen molar-refractivity contribution in [1.29, 1.82) is 0 Å². The number of carbonyl (C=O) groups is 3. The average Bonchev–Trinajstić information content (AvgIpc) is 2.43. The van der Waals surface area contributed by atoms with E-state index in [1.807, 2.05) is 0 Å². The largest absolute Gasteiger partial charge is 0.465 e. The molecular weight excluding hydrogens is 266 g/mol. The highest BCUT2D eigenvalue weighted by Gasteiger charge is 2.12. The van der Waals surface area contributed by atoms with Crippen LogP contribution in [0.3, 0.4) is 0 Å². The first-order valence-corrected chi connectivity index (χ1v) is 5.88. The van der Waals surface area contributed by atoms with Crippen LogP contribution < -0.4 is 15.6 Å². The van der Waals surface area contributed by atoms with Crippen molar-refractivity contribution in [2.24, 2.45) is 5.73 Å². The predicted octanol–water partition coefficient (Wildman–Crippen LogP) is -0.680. The second-order valence-electron chi connectivity index (χ2n) is 3.69. The Kier molecular flexibility index (Phi) is 5.95. The highest BCUT2D eigenvalue weighted by atomic mass is 16.6. The zero-order valence-corrected chi connectivity index (χ0v) is 11.0. The van der Waals surface area contributed by atoms with Crippen LogP contribution in [0.5, 0.6) is 0 Å². The van der Waals surface area contributed by atoms with Crippen LogP contribution >= 0.6 is 0 Å². The van der Waals surface area contributed by atoms with Crippen molar-refractivity contribution in [2.45, 2.75) is 13.7 Å². The van der Waals surface area contributed by atoms with Gasteiger partial charge in [-0.3, -0.25) is 9.59 Å². The molecule has 1 aromatic rings. The number of amides is 2. The number of hydrogen-bond acceptors (Lipinski definition) is 5. The van der Waals surface area contributed by atoms with Crippen LogP contribution in [-0.4, -0.2) is 31.1 Å². The molecule has 0 aliphatic carbocycles. The van der Waals surface area contributed by atoms with Crippen LogP contribution in [-0.2, 0) is 21.0 Å². The van der Waals surface area contributed by atoms with Gasteiger partial charge in [-0.25, -0.2) is 4.79 Å². The molecule has 8 nitrogen and oxygen atoms in total. The molecule has 8 heteroatoms. The van der Waals surface area contributed by atoms with Crippen LogP contribution in [0.25, 0.3) is 0 Å². The van der Waals surface area contributed by atoms with Gasteiger partial charge in [0.1, 0.15) is 12.1 Å². The summed E-state index contributed by atoms with van der Waals surface area (Å²) < 4.78 is 10.7. The van der Waals surface area contributed by atoms with E-state index in [1.165, 1.54) is 10.8 Å². The second kappa shape index (κ2) is 7.72. The van der Waals surface area contributed by atoms with Crippen molar-refractivity contribution >= 4 is 18.0 Å². The Balaban J connectivity index is 2.57. The van der Waals surface area contributed by atoms with E-state index in [0.29, 0.717) is 5.56 Å². The molecule has 0 aliphatic heterocycles. The van der Waals surface area contributed by atoms with Crippen molar-refractivity contribution in [3.05, 3.63) is 30.1 Å². The molecule has 0 aliphatic rings. The number of nitrogens with two attached hydrogens (primary N) is 1. The third kappa shape index (κ3) is 5.34. The summed E-state index contributed by atoms with van der Waals surface area (Å²) in [6, 6.07) is 3.16. The summed E-state index contributed by atoms with van der Waals surface area (Å²) in [7, 11) is 0. The lowest BCUT2D eigenvalue weighted by Gasteiger charge is -2.04. The Morgan fingerprint density at radius 2 is 2.10 bits per heavy atom. The molecule has 0 fully saturated rings. The Hall–Kier alpha value is -2.64. The zero-order chi connectivity index (χ0) is 15.0. The van der Waals surface area contributed by atoms with Gasteiger partial charge in [-0.1, -0.05) is 0 Å². The van der Waals surface area contributed by atoms with Gasteiger partial charge < -0.3 is 20.5 Å². The van der Waals surface area contributed by atoms with Gasteiger partial charge in [-0.2, -0.15) is 4.57 Å². The molecule has 1 heterocycles. The van der Waals surface area contributed by atoms with Crippen molar-refractivity contribution in [1.82, 2.24) is 5.32 Å².